The maximum absolute atomic E-state index is 12.2. The predicted molar refractivity (Wildman–Crippen MR) is 72.3 cm³/mol. The number of nitrogens with zero attached hydrogens (tertiary/aromatic N) is 1. The van der Waals surface area contributed by atoms with Gasteiger partial charge in [0.1, 0.15) is 0 Å². The smallest absolute Gasteiger partial charge is 0.255 e. The van der Waals surface area contributed by atoms with Gasteiger partial charge in [0, 0.05) is 13.6 Å². The van der Waals surface area contributed by atoms with Gasteiger partial charge in [0.2, 0.25) is 0 Å². The van der Waals surface area contributed by atoms with Gasteiger partial charge in [0.05, 0.1) is 16.3 Å². The average molecular weight is 255 g/mol. The fraction of sp³-hybridized carbons (Fsp3) is 0.462. The lowest BCUT2D eigenvalue weighted by Gasteiger charge is -2.21. The molecule has 0 aromatic heterocycles. The Labute approximate surface area is 108 Å². The largest absolute Gasteiger partial charge is 0.397 e. The van der Waals surface area contributed by atoms with Crippen molar-refractivity contribution in [3.8, 4) is 0 Å². The molecule has 0 heterocycles. The van der Waals surface area contributed by atoms with E-state index in [1.165, 1.54) is 0 Å². The molecule has 1 unspecified atom stereocenters. The molecule has 0 aliphatic rings. The minimum Gasteiger partial charge on any atom is -0.397 e. The highest BCUT2D eigenvalue weighted by atomic mass is 35.5. The zero-order valence-corrected chi connectivity index (χ0v) is 11.3. The van der Waals surface area contributed by atoms with Crippen LogP contribution in [0.4, 0.5) is 5.69 Å². The number of rotatable bonds is 4. The maximum atomic E-state index is 12.2. The first-order valence-corrected chi connectivity index (χ1v) is 6.14. The second-order valence-electron chi connectivity index (χ2n) is 4.40. The minimum absolute atomic E-state index is 0.0784. The van der Waals surface area contributed by atoms with Crippen molar-refractivity contribution in [2.24, 2.45) is 5.92 Å². The second kappa shape index (κ2) is 5.92. The molecule has 0 bridgehead atoms. The van der Waals surface area contributed by atoms with Gasteiger partial charge in [-0.25, -0.2) is 0 Å². The van der Waals surface area contributed by atoms with Crippen LogP contribution in [0.2, 0.25) is 5.02 Å². The molecule has 0 aliphatic heterocycles. The third-order valence-corrected chi connectivity index (χ3v) is 3.24. The SMILES string of the molecule is CCC(C)CN(C)C(=O)c1cccc(Cl)c1N. The number of anilines is 1. The molecule has 94 valence electrons. The number of para-hydroxylation sites is 1. The van der Waals surface area contributed by atoms with Crippen LogP contribution in [0.15, 0.2) is 18.2 Å². The summed E-state index contributed by atoms with van der Waals surface area (Å²) in [5, 5.41) is 0.424. The number of halogens is 1. The van der Waals surface area contributed by atoms with E-state index in [9.17, 15) is 4.79 Å². The maximum Gasteiger partial charge on any atom is 0.255 e. The molecule has 0 radical (unpaired) electrons. The van der Waals surface area contributed by atoms with Crippen molar-refractivity contribution in [3.05, 3.63) is 28.8 Å². The van der Waals surface area contributed by atoms with Gasteiger partial charge >= 0.3 is 0 Å². The topological polar surface area (TPSA) is 46.3 Å². The summed E-state index contributed by atoms with van der Waals surface area (Å²) in [4.78, 5) is 13.8. The summed E-state index contributed by atoms with van der Waals surface area (Å²) in [7, 11) is 1.79. The minimum atomic E-state index is -0.0784. The number of carbonyl (C=O) groups excluding carboxylic acids is 1. The lowest BCUT2D eigenvalue weighted by atomic mass is 10.1. The molecule has 1 aromatic rings. The Morgan fingerprint density at radius 2 is 2.18 bits per heavy atom. The highest BCUT2D eigenvalue weighted by Gasteiger charge is 2.17. The Kier molecular flexibility index (Phi) is 4.82. The van der Waals surface area contributed by atoms with Crippen LogP contribution in [-0.4, -0.2) is 24.4 Å². The number of hydrogen-bond donors (Lipinski definition) is 1. The molecule has 0 saturated carbocycles. The third-order valence-electron chi connectivity index (χ3n) is 2.91. The molecular formula is C13H19ClN2O. The number of benzene rings is 1. The molecular weight excluding hydrogens is 236 g/mol. The zero-order valence-electron chi connectivity index (χ0n) is 10.5. The van der Waals surface area contributed by atoms with Crippen LogP contribution in [0, 0.1) is 5.92 Å². The van der Waals surface area contributed by atoms with Crippen molar-refractivity contribution in [1.82, 2.24) is 4.90 Å². The molecule has 1 aromatic carbocycles. The first kappa shape index (κ1) is 13.8. The van der Waals surface area contributed by atoms with Crippen LogP contribution in [0.5, 0.6) is 0 Å². The van der Waals surface area contributed by atoms with Crippen LogP contribution >= 0.6 is 11.6 Å². The lowest BCUT2D eigenvalue weighted by molar-refractivity contribution is 0.0776. The standard InChI is InChI=1S/C13H19ClN2O/c1-4-9(2)8-16(3)13(17)10-6-5-7-11(14)12(10)15/h5-7,9H,4,8,15H2,1-3H3. The molecule has 17 heavy (non-hydrogen) atoms. The van der Waals surface area contributed by atoms with Crippen molar-refractivity contribution < 1.29 is 4.79 Å². The number of amides is 1. The molecule has 3 nitrogen and oxygen atoms in total. The van der Waals surface area contributed by atoms with E-state index in [1.807, 2.05) is 0 Å². The van der Waals surface area contributed by atoms with Crippen LogP contribution in [0.25, 0.3) is 0 Å². The summed E-state index contributed by atoms with van der Waals surface area (Å²) in [5.41, 5.74) is 6.64. The Morgan fingerprint density at radius 1 is 1.53 bits per heavy atom. The third kappa shape index (κ3) is 3.37. The van der Waals surface area contributed by atoms with Crippen molar-refractivity contribution >= 4 is 23.2 Å². The van der Waals surface area contributed by atoms with Gasteiger partial charge in [-0.2, -0.15) is 0 Å². The van der Waals surface area contributed by atoms with Gasteiger partial charge in [0.15, 0.2) is 0 Å². The number of nitrogen functional groups attached to an aromatic ring is 1. The van der Waals surface area contributed by atoms with Crippen LogP contribution < -0.4 is 5.73 Å². The number of hydrogen-bond acceptors (Lipinski definition) is 2. The summed E-state index contributed by atoms with van der Waals surface area (Å²) in [6.45, 7) is 4.95. The lowest BCUT2D eigenvalue weighted by Crippen LogP contribution is -2.31. The monoisotopic (exact) mass is 254 g/mol. The Bertz CT molecular complexity index is 406. The van der Waals surface area contributed by atoms with Crippen molar-refractivity contribution in [2.75, 3.05) is 19.3 Å². The van der Waals surface area contributed by atoms with E-state index in [0.29, 0.717) is 22.2 Å². The molecule has 1 rings (SSSR count). The Balaban J connectivity index is 2.85. The van der Waals surface area contributed by atoms with Gasteiger partial charge < -0.3 is 10.6 Å². The van der Waals surface area contributed by atoms with Crippen molar-refractivity contribution in [1.29, 1.82) is 0 Å². The van der Waals surface area contributed by atoms with Crippen molar-refractivity contribution in [3.63, 3.8) is 0 Å². The fourth-order valence-corrected chi connectivity index (χ4v) is 1.78. The summed E-state index contributed by atoms with van der Waals surface area (Å²) in [6.07, 6.45) is 1.04. The first-order valence-electron chi connectivity index (χ1n) is 5.76. The molecule has 1 atom stereocenters. The van der Waals surface area contributed by atoms with E-state index < -0.39 is 0 Å². The first-order chi connectivity index (χ1) is 7.97. The normalized spacial score (nSPS) is 12.2. The average Bonchev–Trinajstić information content (AvgIpc) is 2.31. The molecule has 1 amide bonds. The van der Waals surface area contributed by atoms with E-state index >= 15 is 0 Å². The van der Waals surface area contributed by atoms with E-state index in [2.05, 4.69) is 13.8 Å². The molecule has 0 saturated heterocycles. The predicted octanol–water partition coefficient (Wildman–Crippen LogP) is 3.04. The van der Waals surface area contributed by atoms with E-state index in [4.69, 9.17) is 17.3 Å². The molecule has 0 fully saturated rings. The van der Waals surface area contributed by atoms with Gasteiger partial charge in [0.25, 0.3) is 5.91 Å². The van der Waals surface area contributed by atoms with Gasteiger partial charge in [-0.05, 0) is 18.1 Å². The van der Waals surface area contributed by atoms with Crippen LogP contribution in [0.1, 0.15) is 30.6 Å². The van der Waals surface area contributed by atoms with Crippen molar-refractivity contribution in [2.45, 2.75) is 20.3 Å². The number of nitrogens with two attached hydrogens (primary N) is 1. The van der Waals surface area contributed by atoms with Gasteiger partial charge in [-0.1, -0.05) is 37.9 Å². The van der Waals surface area contributed by atoms with E-state index in [0.717, 1.165) is 13.0 Å². The fourth-order valence-electron chi connectivity index (χ4n) is 1.61. The molecule has 0 aliphatic carbocycles. The Morgan fingerprint density at radius 3 is 2.76 bits per heavy atom. The van der Waals surface area contributed by atoms with E-state index in [-0.39, 0.29) is 5.91 Å². The Hall–Kier alpha value is -1.22. The van der Waals surface area contributed by atoms with Gasteiger partial charge in [-0.15, -0.1) is 0 Å². The quantitative estimate of drug-likeness (QED) is 0.840. The molecule has 0 spiro atoms. The second-order valence-corrected chi connectivity index (χ2v) is 4.81. The van der Waals surface area contributed by atoms with Gasteiger partial charge in [-0.3, -0.25) is 4.79 Å². The summed E-state index contributed by atoms with van der Waals surface area (Å²) in [5.74, 6) is 0.398. The number of carbonyl (C=O) groups is 1. The molecule has 2 N–H and O–H groups in total. The van der Waals surface area contributed by atoms with E-state index in [1.54, 1.807) is 30.1 Å². The van der Waals surface area contributed by atoms with Crippen LogP contribution in [-0.2, 0) is 0 Å². The highest BCUT2D eigenvalue weighted by molar-refractivity contribution is 6.33. The summed E-state index contributed by atoms with van der Waals surface area (Å²) < 4.78 is 0. The summed E-state index contributed by atoms with van der Waals surface area (Å²) >= 11 is 5.90. The highest BCUT2D eigenvalue weighted by Crippen LogP contribution is 2.23. The molecule has 4 heteroatoms. The van der Waals surface area contributed by atoms with Crippen LogP contribution in [0.3, 0.4) is 0 Å². The summed E-state index contributed by atoms with van der Waals surface area (Å²) in [6, 6.07) is 5.13. The zero-order chi connectivity index (χ0) is 13.0.